The van der Waals surface area contributed by atoms with E-state index in [1.165, 1.54) is 4.90 Å². The first kappa shape index (κ1) is 20.4. The van der Waals surface area contributed by atoms with Crippen LogP contribution in [0.4, 0.5) is 11.4 Å². The molecule has 2 aromatic rings. The van der Waals surface area contributed by atoms with Gasteiger partial charge in [0.15, 0.2) is 0 Å². The number of anilines is 2. The van der Waals surface area contributed by atoms with Gasteiger partial charge in [-0.25, -0.2) is 0 Å². The first-order chi connectivity index (χ1) is 13.9. The number of benzene rings is 2. The van der Waals surface area contributed by atoms with Crippen molar-refractivity contribution in [1.82, 2.24) is 9.80 Å². The second-order valence-electron chi connectivity index (χ2n) is 7.26. The Morgan fingerprint density at radius 2 is 1.62 bits per heavy atom. The van der Waals surface area contributed by atoms with Crippen molar-refractivity contribution in [3.05, 3.63) is 59.7 Å². The van der Waals surface area contributed by atoms with Crippen molar-refractivity contribution in [3.63, 3.8) is 0 Å². The van der Waals surface area contributed by atoms with Crippen LogP contribution >= 0.6 is 0 Å². The fraction of sp³-hybridized carbons (Fsp3) is 0.318. The van der Waals surface area contributed by atoms with Crippen LogP contribution in [0.2, 0.25) is 0 Å². The van der Waals surface area contributed by atoms with E-state index < -0.39 is 0 Å². The first-order valence-electron chi connectivity index (χ1n) is 9.69. The van der Waals surface area contributed by atoms with Crippen LogP contribution in [0, 0.1) is 0 Å². The second kappa shape index (κ2) is 9.23. The van der Waals surface area contributed by atoms with E-state index in [9.17, 15) is 14.4 Å². The highest BCUT2D eigenvalue weighted by molar-refractivity contribution is 5.98. The topological polar surface area (TPSA) is 81.8 Å². The third-order valence-corrected chi connectivity index (χ3v) is 4.78. The van der Waals surface area contributed by atoms with Gasteiger partial charge in [0.1, 0.15) is 0 Å². The van der Waals surface area contributed by atoms with Crippen molar-refractivity contribution >= 4 is 29.1 Å². The largest absolute Gasteiger partial charge is 0.376 e. The van der Waals surface area contributed by atoms with Gasteiger partial charge in [0.25, 0.3) is 11.8 Å². The predicted octanol–water partition coefficient (Wildman–Crippen LogP) is 2.68. The summed E-state index contributed by atoms with van der Waals surface area (Å²) in [5, 5.41) is 5.82. The molecule has 7 heteroatoms. The summed E-state index contributed by atoms with van der Waals surface area (Å²) in [4.78, 5) is 40.0. The number of nitrogens with one attached hydrogen (secondary N) is 2. The highest BCUT2D eigenvalue weighted by Gasteiger charge is 2.19. The molecule has 0 atom stereocenters. The van der Waals surface area contributed by atoms with Crippen molar-refractivity contribution in [2.45, 2.75) is 12.8 Å². The molecular weight excluding hydrogens is 368 g/mol. The summed E-state index contributed by atoms with van der Waals surface area (Å²) in [6.45, 7) is 1.71. The molecule has 0 unspecified atom stereocenters. The van der Waals surface area contributed by atoms with E-state index in [0.29, 0.717) is 16.8 Å². The van der Waals surface area contributed by atoms with Gasteiger partial charge in [-0.05, 0) is 55.3 Å². The molecule has 3 amide bonds. The number of hydrogen-bond acceptors (Lipinski definition) is 4. The van der Waals surface area contributed by atoms with E-state index in [0.717, 1.165) is 31.6 Å². The maximum atomic E-state index is 12.4. The number of rotatable bonds is 6. The summed E-state index contributed by atoms with van der Waals surface area (Å²) in [5.74, 6) is -0.293. The summed E-state index contributed by atoms with van der Waals surface area (Å²) >= 11 is 0. The maximum absolute atomic E-state index is 12.4. The zero-order valence-electron chi connectivity index (χ0n) is 16.8. The molecule has 1 aliphatic rings. The number of likely N-dealkylation sites (tertiary alicyclic amines) is 1. The molecule has 0 aliphatic carbocycles. The van der Waals surface area contributed by atoms with E-state index in [2.05, 4.69) is 10.6 Å². The van der Waals surface area contributed by atoms with Crippen LogP contribution in [0.25, 0.3) is 0 Å². The number of nitrogens with zero attached hydrogens (tertiary/aromatic N) is 2. The highest BCUT2D eigenvalue weighted by atomic mass is 16.2. The molecule has 0 bridgehead atoms. The second-order valence-corrected chi connectivity index (χ2v) is 7.26. The molecule has 2 aromatic carbocycles. The van der Waals surface area contributed by atoms with Crippen molar-refractivity contribution in [2.75, 3.05) is 44.4 Å². The molecule has 152 valence electrons. The summed E-state index contributed by atoms with van der Waals surface area (Å²) in [6.07, 6.45) is 2.12. The molecule has 1 saturated heterocycles. The lowest BCUT2D eigenvalue weighted by Crippen LogP contribution is -2.27. The van der Waals surface area contributed by atoms with Gasteiger partial charge in [0.2, 0.25) is 5.91 Å². The van der Waals surface area contributed by atoms with Gasteiger partial charge in [0.05, 0.1) is 6.54 Å². The van der Waals surface area contributed by atoms with Crippen molar-refractivity contribution in [3.8, 4) is 0 Å². The number of carbonyl (C=O) groups excluding carboxylic acids is 3. The molecule has 1 fully saturated rings. The third-order valence-electron chi connectivity index (χ3n) is 4.78. The zero-order valence-corrected chi connectivity index (χ0v) is 16.8. The Bertz CT molecular complexity index is 887. The van der Waals surface area contributed by atoms with Crippen LogP contribution in [0.3, 0.4) is 0 Å². The fourth-order valence-electron chi connectivity index (χ4n) is 3.21. The van der Waals surface area contributed by atoms with Gasteiger partial charge in [-0.15, -0.1) is 0 Å². The SMILES string of the molecule is CN(C)C(=O)c1cccc(NC(=O)CNc2ccc(C(=O)N3CCCC3)cc2)c1. The maximum Gasteiger partial charge on any atom is 0.253 e. The van der Waals surface area contributed by atoms with E-state index in [4.69, 9.17) is 0 Å². The molecule has 29 heavy (non-hydrogen) atoms. The lowest BCUT2D eigenvalue weighted by molar-refractivity contribution is -0.114. The van der Waals surface area contributed by atoms with E-state index in [1.54, 1.807) is 62.6 Å². The van der Waals surface area contributed by atoms with Crippen molar-refractivity contribution < 1.29 is 14.4 Å². The molecule has 1 heterocycles. The smallest absolute Gasteiger partial charge is 0.253 e. The van der Waals surface area contributed by atoms with Gasteiger partial charge in [-0.2, -0.15) is 0 Å². The molecule has 2 N–H and O–H groups in total. The highest BCUT2D eigenvalue weighted by Crippen LogP contribution is 2.16. The quantitative estimate of drug-likeness (QED) is 0.789. The Morgan fingerprint density at radius 1 is 0.931 bits per heavy atom. The molecular formula is C22H26N4O3. The van der Waals surface area contributed by atoms with Crippen LogP contribution in [0.1, 0.15) is 33.6 Å². The zero-order chi connectivity index (χ0) is 20.8. The third kappa shape index (κ3) is 5.34. The van der Waals surface area contributed by atoms with Crippen LogP contribution in [-0.4, -0.2) is 61.3 Å². The Kier molecular flexibility index (Phi) is 6.49. The number of hydrogen-bond donors (Lipinski definition) is 2. The predicted molar refractivity (Wildman–Crippen MR) is 113 cm³/mol. The normalized spacial score (nSPS) is 13.1. The van der Waals surface area contributed by atoms with Gasteiger partial charge < -0.3 is 20.4 Å². The van der Waals surface area contributed by atoms with Gasteiger partial charge in [-0.1, -0.05) is 6.07 Å². The van der Waals surface area contributed by atoms with Crippen LogP contribution in [-0.2, 0) is 4.79 Å². The lowest BCUT2D eigenvalue weighted by Gasteiger charge is -2.15. The summed E-state index contributed by atoms with van der Waals surface area (Å²) in [6, 6.07) is 14.0. The lowest BCUT2D eigenvalue weighted by atomic mass is 10.1. The monoisotopic (exact) mass is 394 g/mol. The van der Waals surface area contributed by atoms with Crippen LogP contribution in [0.15, 0.2) is 48.5 Å². The minimum atomic E-state index is -0.225. The number of amides is 3. The Morgan fingerprint density at radius 3 is 2.28 bits per heavy atom. The molecule has 0 spiro atoms. The minimum Gasteiger partial charge on any atom is -0.376 e. The molecule has 0 aromatic heterocycles. The van der Waals surface area contributed by atoms with E-state index in [-0.39, 0.29) is 24.3 Å². The van der Waals surface area contributed by atoms with Gasteiger partial charge >= 0.3 is 0 Å². The standard InChI is InChI=1S/C22H26N4O3/c1-25(2)21(28)17-6-5-7-19(14-17)24-20(27)15-23-18-10-8-16(9-11-18)22(29)26-12-3-4-13-26/h5-11,14,23H,3-4,12-13,15H2,1-2H3,(H,24,27). The average molecular weight is 394 g/mol. The van der Waals surface area contributed by atoms with Gasteiger partial charge in [-0.3, -0.25) is 14.4 Å². The van der Waals surface area contributed by atoms with Gasteiger partial charge in [0, 0.05) is 49.7 Å². The molecule has 3 rings (SSSR count). The summed E-state index contributed by atoms with van der Waals surface area (Å²) in [7, 11) is 3.36. The molecule has 1 aliphatic heterocycles. The Balaban J connectivity index is 1.52. The first-order valence-corrected chi connectivity index (χ1v) is 9.69. The van der Waals surface area contributed by atoms with Crippen LogP contribution < -0.4 is 10.6 Å². The fourth-order valence-corrected chi connectivity index (χ4v) is 3.21. The molecule has 7 nitrogen and oxygen atoms in total. The minimum absolute atomic E-state index is 0.0546. The number of carbonyl (C=O) groups is 3. The summed E-state index contributed by atoms with van der Waals surface area (Å²) < 4.78 is 0. The summed E-state index contributed by atoms with van der Waals surface area (Å²) in [5.41, 5.74) is 2.49. The van der Waals surface area contributed by atoms with E-state index in [1.807, 2.05) is 4.90 Å². The van der Waals surface area contributed by atoms with Crippen molar-refractivity contribution in [2.24, 2.45) is 0 Å². The molecule has 0 radical (unpaired) electrons. The Labute approximate surface area is 170 Å². The van der Waals surface area contributed by atoms with Crippen molar-refractivity contribution in [1.29, 1.82) is 0 Å². The Hall–Kier alpha value is -3.35. The molecule has 0 saturated carbocycles. The average Bonchev–Trinajstić information content (AvgIpc) is 3.26. The van der Waals surface area contributed by atoms with E-state index >= 15 is 0 Å². The van der Waals surface area contributed by atoms with Crippen LogP contribution in [0.5, 0.6) is 0 Å².